The molecule has 8 heteroatoms. The molecule has 0 atom stereocenters. The lowest BCUT2D eigenvalue weighted by Crippen LogP contribution is -2.39. The topological polar surface area (TPSA) is 92.5 Å². The van der Waals surface area contributed by atoms with Crippen LogP contribution in [-0.2, 0) is 9.59 Å². The number of nitrogens with two attached hydrogens (primary N) is 1. The first-order valence-electron chi connectivity index (χ1n) is 6.29. The van der Waals surface area contributed by atoms with E-state index in [0.29, 0.717) is 17.9 Å². The zero-order valence-corrected chi connectivity index (χ0v) is 11.9. The Labute approximate surface area is 124 Å². The van der Waals surface area contributed by atoms with E-state index in [1.54, 1.807) is 0 Å². The third-order valence-electron chi connectivity index (χ3n) is 2.91. The third kappa shape index (κ3) is 3.94. The molecule has 6 nitrogen and oxygen atoms in total. The second kappa shape index (κ2) is 6.57. The molecular formula is C13H14FN3O3S. The van der Waals surface area contributed by atoms with E-state index in [0.717, 1.165) is 22.7 Å². The molecule has 1 saturated heterocycles. The summed E-state index contributed by atoms with van der Waals surface area (Å²) in [6.45, 7) is 0.0254. The lowest BCUT2D eigenvalue weighted by Gasteiger charge is -2.23. The van der Waals surface area contributed by atoms with Gasteiger partial charge in [-0.1, -0.05) is 11.8 Å². The fourth-order valence-corrected chi connectivity index (χ4v) is 2.63. The minimum Gasteiger partial charge on any atom is -0.397 e. The second-order valence-corrected chi connectivity index (χ2v) is 5.49. The van der Waals surface area contributed by atoms with Gasteiger partial charge in [-0.15, -0.1) is 0 Å². The quantitative estimate of drug-likeness (QED) is 0.827. The molecule has 112 valence electrons. The van der Waals surface area contributed by atoms with Gasteiger partial charge in [0.2, 0.25) is 11.8 Å². The fraction of sp³-hybridized carbons (Fsp3) is 0.308. The highest BCUT2D eigenvalue weighted by Gasteiger charge is 2.26. The van der Waals surface area contributed by atoms with Gasteiger partial charge in [0.05, 0.1) is 11.4 Å². The highest BCUT2D eigenvalue weighted by Crippen LogP contribution is 2.20. The number of thioether (sulfide) groups is 1. The van der Waals surface area contributed by atoms with Crippen LogP contribution in [0.4, 0.5) is 20.6 Å². The summed E-state index contributed by atoms with van der Waals surface area (Å²) in [5, 5.41) is 2.19. The third-order valence-corrected chi connectivity index (χ3v) is 3.79. The van der Waals surface area contributed by atoms with Gasteiger partial charge in [-0.05, 0) is 18.2 Å². The Hall–Kier alpha value is -2.09. The van der Waals surface area contributed by atoms with Crippen LogP contribution in [0, 0.1) is 5.82 Å². The van der Waals surface area contributed by atoms with Crippen molar-refractivity contribution in [3.05, 3.63) is 24.0 Å². The number of nitrogens with zero attached hydrogens (tertiary/aromatic N) is 1. The van der Waals surface area contributed by atoms with Crippen LogP contribution in [0.2, 0.25) is 0 Å². The number of halogens is 1. The van der Waals surface area contributed by atoms with Crippen molar-refractivity contribution in [1.29, 1.82) is 0 Å². The van der Waals surface area contributed by atoms with Gasteiger partial charge < -0.3 is 11.1 Å². The number of rotatable bonds is 4. The Balaban J connectivity index is 1.90. The minimum atomic E-state index is -0.493. The van der Waals surface area contributed by atoms with Crippen LogP contribution in [-0.4, -0.2) is 34.3 Å². The highest BCUT2D eigenvalue weighted by molar-refractivity contribution is 8.13. The summed E-state index contributed by atoms with van der Waals surface area (Å²) in [6.07, 6.45) is 0.262. The number of nitrogen functional groups attached to an aromatic ring is 1. The normalized spacial score (nSPS) is 15.2. The number of benzene rings is 1. The van der Waals surface area contributed by atoms with Gasteiger partial charge in [0, 0.05) is 25.1 Å². The molecule has 3 N–H and O–H groups in total. The number of carbonyl (C=O) groups is 3. The highest BCUT2D eigenvalue weighted by atomic mass is 32.2. The number of amides is 3. The summed E-state index contributed by atoms with van der Waals surface area (Å²) >= 11 is 1.06. The summed E-state index contributed by atoms with van der Waals surface area (Å²) in [5.41, 5.74) is 5.99. The van der Waals surface area contributed by atoms with E-state index in [1.165, 1.54) is 12.1 Å². The lowest BCUT2D eigenvalue weighted by atomic mass is 10.2. The van der Waals surface area contributed by atoms with E-state index < -0.39 is 11.7 Å². The second-order valence-electron chi connectivity index (χ2n) is 4.44. The van der Waals surface area contributed by atoms with Crippen LogP contribution >= 0.6 is 11.8 Å². The maximum Gasteiger partial charge on any atom is 0.288 e. The Bertz CT molecular complexity index is 578. The molecule has 3 amide bonds. The molecule has 1 aromatic rings. The van der Waals surface area contributed by atoms with E-state index in [1.807, 2.05) is 0 Å². The summed E-state index contributed by atoms with van der Waals surface area (Å²) in [7, 11) is 0. The molecule has 0 radical (unpaired) electrons. The number of nitrogens with one attached hydrogen (secondary N) is 1. The van der Waals surface area contributed by atoms with E-state index in [4.69, 9.17) is 5.73 Å². The van der Waals surface area contributed by atoms with Gasteiger partial charge in [0.25, 0.3) is 5.24 Å². The van der Waals surface area contributed by atoms with Crippen LogP contribution in [0.25, 0.3) is 0 Å². The predicted molar refractivity (Wildman–Crippen MR) is 78.2 cm³/mol. The Morgan fingerprint density at radius 3 is 2.86 bits per heavy atom. The molecule has 1 fully saturated rings. The minimum absolute atomic E-state index is 0.0254. The van der Waals surface area contributed by atoms with Gasteiger partial charge >= 0.3 is 0 Å². The Morgan fingerprint density at radius 2 is 2.19 bits per heavy atom. The number of hydrogen-bond donors (Lipinski definition) is 2. The zero-order valence-electron chi connectivity index (χ0n) is 11.1. The fourth-order valence-electron chi connectivity index (χ4n) is 1.83. The Morgan fingerprint density at radius 1 is 1.43 bits per heavy atom. The molecule has 0 spiro atoms. The molecule has 1 heterocycles. The molecule has 1 aliphatic heterocycles. The van der Waals surface area contributed by atoms with Gasteiger partial charge in [0.1, 0.15) is 5.82 Å². The molecule has 1 aromatic carbocycles. The average molecular weight is 311 g/mol. The molecule has 0 bridgehead atoms. The first-order valence-corrected chi connectivity index (χ1v) is 7.28. The lowest BCUT2D eigenvalue weighted by molar-refractivity contribution is -0.128. The predicted octanol–water partition coefficient (Wildman–Crippen LogP) is 1.82. The number of anilines is 2. The molecule has 1 aliphatic rings. The van der Waals surface area contributed by atoms with Crippen LogP contribution in [0.3, 0.4) is 0 Å². The first kappa shape index (κ1) is 15.3. The van der Waals surface area contributed by atoms with Gasteiger partial charge in [-0.2, -0.15) is 0 Å². The van der Waals surface area contributed by atoms with Crippen LogP contribution < -0.4 is 11.1 Å². The van der Waals surface area contributed by atoms with Gasteiger partial charge in [0.15, 0.2) is 0 Å². The monoisotopic (exact) mass is 311 g/mol. The molecular weight excluding hydrogens is 297 g/mol. The average Bonchev–Trinajstić information content (AvgIpc) is 2.41. The first-order chi connectivity index (χ1) is 9.97. The smallest absolute Gasteiger partial charge is 0.288 e. The Kier molecular flexibility index (Phi) is 4.79. The van der Waals surface area contributed by atoms with Gasteiger partial charge in [-0.25, -0.2) is 4.39 Å². The summed E-state index contributed by atoms with van der Waals surface area (Å²) in [4.78, 5) is 36.0. The standard InChI is InChI=1S/C13H14FN3O3S/c14-8-1-2-10(9(15)7-8)16-11(18)3-5-17-12(19)4-6-21-13(17)20/h1-2,7H,3-6,15H2,(H,16,18). The molecule has 0 unspecified atom stereocenters. The molecule has 0 aromatic heterocycles. The van der Waals surface area contributed by atoms with Crippen molar-refractivity contribution < 1.29 is 18.8 Å². The summed E-state index contributed by atoms with van der Waals surface area (Å²) in [6, 6.07) is 3.64. The summed E-state index contributed by atoms with van der Waals surface area (Å²) < 4.78 is 12.9. The van der Waals surface area contributed by atoms with Crippen molar-refractivity contribution in [2.24, 2.45) is 0 Å². The molecule has 0 aliphatic carbocycles. The van der Waals surface area contributed by atoms with Crippen molar-refractivity contribution in [1.82, 2.24) is 4.90 Å². The van der Waals surface area contributed by atoms with Crippen molar-refractivity contribution in [2.45, 2.75) is 12.8 Å². The van der Waals surface area contributed by atoms with E-state index in [9.17, 15) is 18.8 Å². The number of carbonyl (C=O) groups excluding carboxylic acids is 3. The van der Waals surface area contributed by atoms with Crippen LogP contribution in [0.5, 0.6) is 0 Å². The largest absolute Gasteiger partial charge is 0.397 e. The van der Waals surface area contributed by atoms with E-state index in [2.05, 4.69) is 5.32 Å². The molecule has 21 heavy (non-hydrogen) atoms. The number of imide groups is 1. The molecule has 0 saturated carbocycles. The maximum atomic E-state index is 12.9. The van der Waals surface area contributed by atoms with Crippen LogP contribution in [0.15, 0.2) is 18.2 Å². The SMILES string of the molecule is Nc1cc(F)ccc1NC(=O)CCN1C(=O)CCSC1=O. The van der Waals surface area contributed by atoms with Gasteiger partial charge in [-0.3, -0.25) is 19.3 Å². The number of hydrogen-bond acceptors (Lipinski definition) is 5. The van der Waals surface area contributed by atoms with Crippen molar-refractivity contribution >= 4 is 40.2 Å². The van der Waals surface area contributed by atoms with Crippen molar-refractivity contribution in [2.75, 3.05) is 23.3 Å². The summed E-state index contributed by atoms with van der Waals surface area (Å²) in [5.74, 6) is -0.684. The molecule has 2 rings (SSSR count). The van der Waals surface area contributed by atoms with E-state index in [-0.39, 0.29) is 29.8 Å². The van der Waals surface area contributed by atoms with Crippen molar-refractivity contribution in [3.8, 4) is 0 Å². The zero-order chi connectivity index (χ0) is 15.4. The van der Waals surface area contributed by atoms with Crippen LogP contribution in [0.1, 0.15) is 12.8 Å². The maximum absolute atomic E-state index is 12.9. The van der Waals surface area contributed by atoms with Crippen molar-refractivity contribution in [3.63, 3.8) is 0 Å². The van der Waals surface area contributed by atoms with E-state index >= 15 is 0 Å².